The number of hydrogen-bond acceptors (Lipinski definition) is 3. The zero-order valence-electron chi connectivity index (χ0n) is 11.3. The van der Waals surface area contributed by atoms with Gasteiger partial charge in [-0.1, -0.05) is 24.3 Å². The molecule has 0 aromatic heterocycles. The van der Waals surface area contributed by atoms with E-state index < -0.39 is 0 Å². The number of carbonyl (C=O) groups is 2. The summed E-state index contributed by atoms with van der Waals surface area (Å²) in [7, 11) is 0. The molecule has 1 rings (SSSR count). The molecule has 0 atom stereocenters. The van der Waals surface area contributed by atoms with Crippen LogP contribution < -0.4 is 4.90 Å². The number of esters is 1. The second-order valence-corrected chi connectivity index (χ2v) is 3.95. The molecule has 1 amide bonds. The van der Waals surface area contributed by atoms with E-state index in [0.717, 1.165) is 5.69 Å². The molecule has 102 valence electrons. The molecule has 4 nitrogen and oxygen atoms in total. The molecule has 0 spiro atoms. The summed E-state index contributed by atoms with van der Waals surface area (Å²) in [5, 5.41) is 0. The molecule has 0 bridgehead atoms. The Bertz CT molecular complexity index is 440. The molecule has 0 unspecified atom stereocenters. The van der Waals surface area contributed by atoms with Crippen LogP contribution in [0.3, 0.4) is 0 Å². The lowest BCUT2D eigenvalue weighted by Gasteiger charge is -2.20. The van der Waals surface area contributed by atoms with Crippen molar-refractivity contribution in [3.05, 3.63) is 42.5 Å². The Morgan fingerprint density at radius 2 is 1.95 bits per heavy atom. The highest BCUT2D eigenvalue weighted by Gasteiger charge is 2.09. The van der Waals surface area contributed by atoms with Crippen LogP contribution in [0.2, 0.25) is 0 Å². The van der Waals surface area contributed by atoms with Crippen LogP contribution in [0.15, 0.2) is 42.5 Å². The molecule has 0 aliphatic carbocycles. The van der Waals surface area contributed by atoms with Gasteiger partial charge in [-0.3, -0.25) is 4.79 Å². The number of benzene rings is 1. The van der Waals surface area contributed by atoms with Crippen LogP contribution in [0.25, 0.3) is 0 Å². The van der Waals surface area contributed by atoms with Crippen LogP contribution >= 0.6 is 0 Å². The SMILES string of the molecule is CCOC(=O)/C=C/CCN(C(C)=O)c1ccccc1. The van der Waals surface area contributed by atoms with Crippen molar-refractivity contribution < 1.29 is 14.3 Å². The van der Waals surface area contributed by atoms with Gasteiger partial charge in [0.2, 0.25) is 5.91 Å². The molecule has 0 saturated carbocycles. The fourth-order valence-corrected chi connectivity index (χ4v) is 1.65. The Morgan fingerprint density at radius 1 is 1.26 bits per heavy atom. The number of nitrogens with zero attached hydrogens (tertiary/aromatic N) is 1. The Labute approximate surface area is 113 Å². The van der Waals surface area contributed by atoms with Crippen molar-refractivity contribution in [1.82, 2.24) is 0 Å². The summed E-state index contributed by atoms with van der Waals surface area (Å²) >= 11 is 0. The molecule has 0 saturated heterocycles. The van der Waals surface area contributed by atoms with Crippen molar-refractivity contribution in [2.75, 3.05) is 18.1 Å². The summed E-state index contributed by atoms with van der Waals surface area (Å²) in [5.74, 6) is -0.368. The van der Waals surface area contributed by atoms with E-state index in [0.29, 0.717) is 19.6 Å². The van der Waals surface area contributed by atoms with Crippen molar-refractivity contribution in [2.24, 2.45) is 0 Å². The third-order valence-electron chi connectivity index (χ3n) is 2.51. The summed E-state index contributed by atoms with van der Waals surface area (Å²) in [6.07, 6.45) is 3.72. The summed E-state index contributed by atoms with van der Waals surface area (Å²) < 4.78 is 4.77. The first-order chi connectivity index (χ1) is 9.15. The zero-order valence-corrected chi connectivity index (χ0v) is 11.3. The third-order valence-corrected chi connectivity index (χ3v) is 2.51. The van der Waals surface area contributed by atoms with E-state index in [1.165, 1.54) is 13.0 Å². The summed E-state index contributed by atoms with van der Waals surface area (Å²) in [6.45, 7) is 4.20. The third kappa shape index (κ3) is 5.38. The molecule has 0 radical (unpaired) electrons. The van der Waals surface area contributed by atoms with Crippen LogP contribution in [0.5, 0.6) is 0 Å². The van der Waals surface area contributed by atoms with Crippen molar-refractivity contribution >= 4 is 17.6 Å². The molecule has 0 heterocycles. The smallest absolute Gasteiger partial charge is 0.330 e. The Morgan fingerprint density at radius 3 is 2.53 bits per heavy atom. The first-order valence-electron chi connectivity index (χ1n) is 6.31. The molecule has 19 heavy (non-hydrogen) atoms. The monoisotopic (exact) mass is 261 g/mol. The number of ether oxygens (including phenoxy) is 1. The van der Waals surface area contributed by atoms with Crippen molar-refractivity contribution in [2.45, 2.75) is 20.3 Å². The Hall–Kier alpha value is -2.10. The van der Waals surface area contributed by atoms with Crippen LogP contribution in [0.4, 0.5) is 5.69 Å². The average Bonchev–Trinajstić information content (AvgIpc) is 2.39. The lowest BCUT2D eigenvalue weighted by molar-refractivity contribution is -0.137. The van der Waals surface area contributed by atoms with Crippen molar-refractivity contribution in [3.63, 3.8) is 0 Å². The quantitative estimate of drug-likeness (QED) is 0.584. The number of rotatable bonds is 6. The van der Waals surface area contributed by atoms with Crippen LogP contribution in [0, 0.1) is 0 Å². The van der Waals surface area contributed by atoms with E-state index in [2.05, 4.69) is 0 Å². The highest BCUT2D eigenvalue weighted by Crippen LogP contribution is 2.13. The average molecular weight is 261 g/mol. The Balaban J connectivity index is 2.53. The maximum absolute atomic E-state index is 11.6. The van der Waals surface area contributed by atoms with E-state index >= 15 is 0 Å². The van der Waals surface area contributed by atoms with Gasteiger partial charge in [0.15, 0.2) is 0 Å². The van der Waals surface area contributed by atoms with Crippen LogP contribution in [0.1, 0.15) is 20.3 Å². The van der Waals surface area contributed by atoms with E-state index in [-0.39, 0.29) is 11.9 Å². The minimum absolute atomic E-state index is 0.0178. The van der Waals surface area contributed by atoms with Gasteiger partial charge in [-0.25, -0.2) is 4.79 Å². The highest BCUT2D eigenvalue weighted by atomic mass is 16.5. The molecule has 0 aliphatic heterocycles. The molecule has 4 heteroatoms. The fraction of sp³-hybridized carbons (Fsp3) is 0.333. The molecular weight excluding hydrogens is 242 g/mol. The summed E-state index contributed by atoms with van der Waals surface area (Å²) in [6, 6.07) is 9.45. The number of anilines is 1. The molecule has 0 aliphatic rings. The normalized spacial score (nSPS) is 10.4. The van der Waals surface area contributed by atoms with Gasteiger partial charge in [0, 0.05) is 25.2 Å². The Kier molecular flexibility index (Phi) is 6.36. The van der Waals surface area contributed by atoms with Crippen LogP contribution in [-0.2, 0) is 14.3 Å². The largest absolute Gasteiger partial charge is 0.463 e. The fourth-order valence-electron chi connectivity index (χ4n) is 1.65. The van der Waals surface area contributed by atoms with Gasteiger partial charge in [-0.2, -0.15) is 0 Å². The van der Waals surface area contributed by atoms with Crippen molar-refractivity contribution in [1.29, 1.82) is 0 Å². The number of amides is 1. The van der Waals surface area contributed by atoms with E-state index in [1.807, 2.05) is 30.3 Å². The minimum Gasteiger partial charge on any atom is -0.463 e. The van der Waals surface area contributed by atoms with Gasteiger partial charge in [0.25, 0.3) is 0 Å². The van der Waals surface area contributed by atoms with Gasteiger partial charge in [-0.05, 0) is 25.5 Å². The predicted molar refractivity (Wildman–Crippen MR) is 74.9 cm³/mol. The first-order valence-corrected chi connectivity index (χ1v) is 6.31. The van der Waals surface area contributed by atoms with E-state index in [1.54, 1.807) is 17.9 Å². The van der Waals surface area contributed by atoms with Gasteiger partial charge in [-0.15, -0.1) is 0 Å². The summed E-state index contributed by atoms with van der Waals surface area (Å²) in [4.78, 5) is 24.4. The van der Waals surface area contributed by atoms with Gasteiger partial charge >= 0.3 is 5.97 Å². The van der Waals surface area contributed by atoms with Crippen LogP contribution in [-0.4, -0.2) is 25.0 Å². The number of para-hydroxylation sites is 1. The maximum atomic E-state index is 11.6. The van der Waals surface area contributed by atoms with E-state index in [4.69, 9.17) is 4.74 Å². The highest BCUT2D eigenvalue weighted by molar-refractivity contribution is 5.91. The molecule has 0 fully saturated rings. The molecule has 1 aromatic rings. The summed E-state index contributed by atoms with van der Waals surface area (Å²) in [5.41, 5.74) is 0.861. The minimum atomic E-state index is -0.350. The lowest BCUT2D eigenvalue weighted by atomic mass is 10.2. The lowest BCUT2D eigenvalue weighted by Crippen LogP contribution is -2.29. The topological polar surface area (TPSA) is 46.6 Å². The van der Waals surface area contributed by atoms with Gasteiger partial charge < -0.3 is 9.64 Å². The second kappa shape index (κ2) is 8.08. The van der Waals surface area contributed by atoms with Crippen molar-refractivity contribution in [3.8, 4) is 0 Å². The maximum Gasteiger partial charge on any atom is 0.330 e. The molecule has 0 N–H and O–H groups in total. The van der Waals surface area contributed by atoms with Gasteiger partial charge in [0.1, 0.15) is 0 Å². The molecular formula is C15H19NO3. The molecule has 1 aromatic carbocycles. The first kappa shape index (κ1) is 15.0. The van der Waals surface area contributed by atoms with Gasteiger partial charge in [0.05, 0.1) is 6.61 Å². The zero-order chi connectivity index (χ0) is 14.1. The second-order valence-electron chi connectivity index (χ2n) is 3.95. The standard InChI is InChI=1S/C15H19NO3/c1-3-19-15(18)11-7-8-12-16(13(2)17)14-9-5-4-6-10-14/h4-7,9-11H,3,8,12H2,1-2H3/b11-7+. The number of hydrogen-bond donors (Lipinski definition) is 0. The predicted octanol–water partition coefficient (Wildman–Crippen LogP) is 2.55. The number of carbonyl (C=O) groups excluding carboxylic acids is 2. The van der Waals surface area contributed by atoms with E-state index in [9.17, 15) is 9.59 Å².